The van der Waals surface area contributed by atoms with Gasteiger partial charge in [-0.2, -0.15) is 0 Å². The third-order valence-corrected chi connectivity index (χ3v) is 3.31. The van der Waals surface area contributed by atoms with E-state index in [9.17, 15) is 9.59 Å². The van der Waals surface area contributed by atoms with Gasteiger partial charge in [-0.05, 0) is 25.7 Å². The van der Waals surface area contributed by atoms with E-state index in [0.29, 0.717) is 19.0 Å². The summed E-state index contributed by atoms with van der Waals surface area (Å²) in [6.07, 6.45) is 2.04. The Morgan fingerprint density at radius 1 is 1.37 bits per heavy atom. The van der Waals surface area contributed by atoms with E-state index < -0.39 is 6.04 Å². The van der Waals surface area contributed by atoms with E-state index in [0.717, 1.165) is 19.4 Å². The van der Waals surface area contributed by atoms with Crippen LogP contribution in [0.5, 0.6) is 0 Å². The molecule has 0 aromatic carbocycles. The molecule has 0 radical (unpaired) electrons. The zero-order valence-electron chi connectivity index (χ0n) is 12.0. The van der Waals surface area contributed by atoms with Crippen molar-refractivity contribution in [1.29, 1.82) is 0 Å². The Kier molecular flexibility index (Phi) is 8.02. The summed E-state index contributed by atoms with van der Waals surface area (Å²) in [4.78, 5) is 25.1. The molecule has 1 saturated heterocycles. The number of hydrogen-bond acceptors (Lipinski definition) is 3. The number of carbonyl (C=O) groups excluding carboxylic acids is 2. The third-order valence-electron chi connectivity index (χ3n) is 3.31. The molecule has 1 heterocycles. The van der Waals surface area contributed by atoms with Crippen LogP contribution in [0.4, 0.5) is 0 Å². The molecule has 2 atom stereocenters. The SMILES string of the molecule is CC(C)C(=O)NCC1CCCN(C(=O)[C@@H](C)N)C1.Cl. The first kappa shape index (κ1) is 18.2. The van der Waals surface area contributed by atoms with E-state index in [2.05, 4.69) is 5.32 Å². The molecule has 6 heteroatoms. The Morgan fingerprint density at radius 3 is 2.53 bits per heavy atom. The predicted octanol–water partition coefficient (Wildman–Crippen LogP) is 0.766. The number of rotatable bonds is 4. The summed E-state index contributed by atoms with van der Waals surface area (Å²) >= 11 is 0. The van der Waals surface area contributed by atoms with Gasteiger partial charge in [0.05, 0.1) is 6.04 Å². The lowest BCUT2D eigenvalue weighted by Gasteiger charge is -2.34. The number of hydrogen-bond donors (Lipinski definition) is 2. The Hall–Kier alpha value is -0.810. The Balaban J connectivity index is 0.00000324. The van der Waals surface area contributed by atoms with Crippen LogP contribution in [0, 0.1) is 11.8 Å². The van der Waals surface area contributed by atoms with E-state index >= 15 is 0 Å². The molecular formula is C13H26ClN3O2. The monoisotopic (exact) mass is 291 g/mol. The van der Waals surface area contributed by atoms with Crippen LogP contribution in [0.2, 0.25) is 0 Å². The normalized spacial score (nSPS) is 20.7. The molecular weight excluding hydrogens is 266 g/mol. The van der Waals surface area contributed by atoms with Gasteiger partial charge in [0.2, 0.25) is 11.8 Å². The van der Waals surface area contributed by atoms with Crippen LogP contribution in [0.25, 0.3) is 0 Å². The second-order valence-electron chi connectivity index (χ2n) is 5.48. The number of nitrogens with zero attached hydrogens (tertiary/aromatic N) is 1. The fraction of sp³-hybridized carbons (Fsp3) is 0.846. The van der Waals surface area contributed by atoms with E-state index in [1.165, 1.54) is 0 Å². The molecule has 0 saturated carbocycles. The third kappa shape index (κ3) is 5.78. The van der Waals surface area contributed by atoms with Gasteiger partial charge in [0.15, 0.2) is 0 Å². The molecule has 19 heavy (non-hydrogen) atoms. The summed E-state index contributed by atoms with van der Waals surface area (Å²) in [5, 5.41) is 2.93. The summed E-state index contributed by atoms with van der Waals surface area (Å²) in [6.45, 7) is 7.62. The minimum absolute atomic E-state index is 0. The Bertz CT molecular complexity index is 308. The Morgan fingerprint density at radius 2 is 2.00 bits per heavy atom. The lowest BCUT2D eigenvalue weighted by molar-refractivity contribution is -0.134. The molecule has 3 N–H and O–H groups in total. The van der Waals surface area contributed by atoms with Crippen molar-refractivity contribution in [3.8, 4) is 0 Å². The molecule has 1 unspecified atom stereocenters. The van der Waals surface area contributed by atoms with E-state index in [4.69, 9.17) is 5.73 Å². The van der Waals surface area contributed by atoms with Crippen LogP contribution < -0.4 is 11.1 Å². The highest BCUT2D eigenvalue weighted by Gasteiger charge is 2.25. The first-order chi connectivity index (χ1) is 8.41. The summed E-state index contributed by atoms with van der Waals surface area (Å²) in [7, 11) is 0. The topological polar surface area (TPSA) is 75.4 Å². The minimum atomic E-state index is -0.436. The molecule has 112 valence electrons. The summed E-state index contributed by atoms with van der Waals surface area (Å²) in [5.74, 6) is 0.445. The average Bonchev–Trinajstić information content (AvgIpc) is 2.35. The predicted molar refractivity (Wildman–Crippen MR) is 78.0 cm³/mol. The largest absolute Gasteiger partial charge is 0.356 e. The average molecular weight is 292 g/mol. The highest BCUT2D eigenvalue weighted by Crippen LogP contribution is 2.16. The number of halogens is 1. The molecule has 1 aliphatic rings. The summed E-state index contributed by atoms with van der Waals surface area (Å²) in [5.41, 5.74) is 5.61. The maximum atomic E-state index is 11.8. The summed E-state index contributed by atoms with van der Waals surface area (Å²) in [6, 6.07) is -0.436. The van der Waals surface area contributed by atoms with E-state index in [-0.39, 0.29) is 30.1 Å². The van der Waals surface area contributed by atoms with Gasteiger partial charge >= 0.3 is 0 Å². The zero-order valence-corrected chi connectivity index (χ0v) is 12.8. The number of amides is 2. The molecule has 1 aliphatic heterocycles. The van der Waals surface area contributed by atoms with Crippen LogP contribution in [0.3, 0.4) is 0 Å². The molecule has 0 aromatic heterocycles. The second-order valence-corrected chi connectivity index (χ2v) is 5.48. The number of nitrogens with one attached hydrogen (secondary N) is 1. The first-order valence-electron chi connectivity index (χ1n) is 6.74. The maximum absolute atomic E-state index is 11.8. The van der Waals surface area contributed by atoms with Crippen molar-refractivity contribution in [2.45, 2.75) is 39.7 Å². The van der Waals surface area contributed by atoms with Gasteiger partial charge in [-0.1, -0.05) is 13.8 Å². The van der Waals surface area contributed by atoms with Crippen molar-refractivity contribution >= 4 is 24.2 Å². The number of piperidine rings is 1. The lowest BCUT2D eigenvalue weighted by atomic mass is 9.97. The number of carbonyl (C=O) groups is 2. The van der Waals surface area contributed by atoms with Gasteiger partial charge in [0, 0.05) is 25.6 Å². The minimum Gasteiger partial charge on any atom is -0.356 e. The van der Waals surface area contributed by atoms with Crippen LogP contribution in [0.15, 0.2) is 0 Å². The fourth-order valence-electron chi connectivity index (χ4n) is 2.17. The Labute approximate surface area is 121 Å². The number of nitrogens with two attached hydrogens (primary N) is 1. The maximum Gasteiger partial charge on any atom is 0.239 e. The van der Waals surface area contributed by atoms with Crippen molar-refractivity contribution in [2.24, 2.45) is 17.6 Å². The molecule has 0 bridgehead atoms. The standard InChI is InChI=1S/C13H25N3O2.ClH/c1-9(2)12(17)15-7-11-5-4-6-16(8-11)13(18)10(3)14;/h9-11H,4-8,14H2,1-3H3,(H,15,17);1H/t10-,11?;/m1./s1. The van der Waals surface area contributed by atoms with Crippen molar-refractivity contribution < 1.29 is 9.59 Å². The summed E-state index contributed by atoms with van der Waals surface area (Å²) < 4.78 is 0. The molecule has 0 spiro atoms. The smallest absolute Gasteiger partial charge is 0.239 e. The van der Waals surface area contributed by atoms with Gasteiger partial charge < -0.3 is 16.0 Å². The first-order valence-corrected chi connectivity index (χ1v) is 6.74. The van der Waals surface area contributed by atoms with E-state index in [1.54, 1.807) is 6.92 Å². The van der Waals surface area contributed by atoms with Gasteiger partial charge in [-0.3, -0.25) is 9.59 Å². The quantitative estimate of drug-likeness (QED) is 0.803. The zero-order chi connectivity index (χ0) is 13.7. The highest BCUT2D eigenvalue weighted by atomic mass is 35.5. The number of likely N-dealkylation sites (tertiary alicyclic amines) is 1. The highest BCUT2D eigenvalue weighted by molar-refractivity contribution is 5.85. The van der Waals surface area contributed by atoms with Gasteiger partial charge in [-0.25, -0.2) is 0 Å². The van der Waals surface area contributed by atoms with Crippen LogP contribution >= 0.6 is 12.4 Å². The lowest BCUT2D eigenvalue weighted by Crippen LogP contribution is -2.48. The molecule has 1 fully saturated rings. The van der Waals surface area contributed by atoms with Crippen LogP contribution in [-0.4, -0.2) is 42.4 Å². The van der Waals surface area contributed by atoms with Crippen LogP contribution in [-0.2, 0) is 9.59 Å². The molecule has 5 nitrogen and oxygen atoms in total. The molecule has 0 aromatic rings. The van der Waals surface area contributed by atoms with Crippen molar-refractivity contribution in [1.82, 2.24) is 10.2 Å². The van der Waals surface area contributed by atoms with Gasteiger partial charge in [0.25, 0.3) is 0 Å². The molecule has 0 aliphatic carbocycles. The van der Waals surface area contributed by atoms with Crippen LogP contribution in [0.1, 0.15) is 33.6 Å². The molecule has 1 rings (SSSR count). The van der Waals surface area contributed by atoms with Crippen molar-refractivity contribution in [3.05, 3.63) is 0 Å². The fourth-order valence-corrected chi connectivity index (χ4v) is 2.17. The van der Waals surface area contributed by atoms with Crippen molar-refractivity contribution in [3.63, 3.8) is 0 Å². The van der Waals surface area contributed by atoms with Crippen molar-refractivity contribution in [2.75, 3.05) is 19.6 Å². The molecule has 2 amide bonds. The van der Waals surface area contributed by atoms with Gasteiger partial charge in [0.1, 0.15) is 0 Å². The second kappa shape index (κ2) is 8.38. The van der Waals surface area contributed by atoms with Gasteiger partial charge in [-0.15, -0.1) is 12.4 Å². The van der Waals surface area contributed by atoms with E-state index in [1.807, 2.05) is 18.7 Å².